The molecule has 0 aliphatic carbocycles. The highest BCUT2D eigenvalue weighted by atomic mass is 32.2. The molecule has 5 nitrogen and oxygen atoms in total. The highest BCUT2D eigenvalue weighted by Crippen LogP contribution is 2.29. The van der Waals surface area contributed by atoms with Crippen molar-refractivity contribution in [1.29, 1.82) is 0 Å². The molecule has 20 heavy (non-hydrogen) atoms. The van der Waals surface area contributed by atoms with E-state index in [1.54, 1.807) is 4.31 Å². The maximum Gasteiger partial charge on any atom is 0.236 e. The summed E-state index contributed by atoms with van der Waals surface area (Å²) >= 11 is 0. The topological polar surface area (TPSA) is 52.7 Å². The first-order valence-electron chi connectivity index (χ1n) is 7.18. The summed E-state index contributed by atoms with van der Waals surface area (Å²) in [6.45, 7) is 4.99. The van der Waals surface area contributed by atoms with Crippen molar-refractivity contribution in [1.82, 2.24) is 10.2 Å². The predicted molar refractivity (Wildman–Crippen MR) is 80.6 cm³/mol. The number of nitrogens with one attached hydrogen (secondary N) is 1. The van der Waals surface area contributed by atoms with Crippen LogP contribution in [0.2, 0.25) is 0 Å². The van der Waals surface area contributed by atoms with Gasteiger partial charge in [-0.25, -0.2) is 8.42 Å². The minimum atomic E-state index is -3.20. The molecule has 3 rings (SSSR count). The summed E-state index contributed by atoms with van der Waals surface area (Å²) in [7, 11) is -3.20. The van der Waals surface area contributed by atoms with Gasteiger partial charge in [0.25, 0.3) is 0 Å². The number of para-hydroxylation sites is 1. The third kappa shape index (κ3) is 2.82. The van der Waals surface area contributed by atoms with Crippen molar-refractivity contribution in [3.63, 3.8) is 0 Å². The molecule has 1 aromatic rings. The van der Waals surface area contributed by atoms with Gasteiger partial charge in [-0.15, -0.1) is 0 Å². The first kappa shape index (κ1) is 13.9. The summed E-state index contributed by atoms with van der Waals surface area (Å²) in [6, 6.07) is 7.80. The van der Waals surface area contributed by atoms with E-state index >= 15 is 0 Å². The van der Waals surface area contributed by atoms with Gasteiger partial charge in [-0.1, -0.05) is 18.2 Å². The molecule has 0 amide bonds. The Balaban J connectivity index is 1.67. The molecule has 2 aliphatic heterocycles. The van der Waals surface area contributed by atoms with E-state index in [-0.39, 0.29) is 5.75 Å². The number of hydrogen-bond acceptors (Lipinski definition) is 4. The van der Waals surface area contributed by atoms with Crippen LogP contribution in [0.4, 0.5) is 5.69 Å². The van der Waals surface area contributed by atoms with Crippen LogP contribution in [0, 0.1) is 0 Å². The lowest BCUT2D eigenvalue weighted by molar-refractivity contribution is 0.254. The molecular weight excluding hydrogens is 274 g/mol. The number of anilines is 1. The second-order valence-corrected chi connectivity index (χ2v) is 7.37. The van der Waals surface area contributed by atoms with Gasteiger partial charge in [0.05, 0.1) is 11.4 Å². The smallest absolute Gasteiger partial charge is 0.236 e. The highest BCUT2D eigenvalue weighted by molar-refractivity contribution is 7.92. The molecule has 110 valence electrons. The molecule has 0 atom stereocenters. The van der Waals surface area contributed by atoms with Gasteiger partial charge in [0.2, 0.25) is 10.0 Å². The summed E-state index contributed by atoms with van der Waals surface area (Å²) in [6.07, 6.45) is 0.822. The molecule has 1 saturated heterocycles. The summed E-state index contributed by atoms with van der Waals surface area (Å²) in [4.78, 5) is 2.22. The number of piperazine rings is 1. The standard InChI is InChI=1S/C14H21N3O2S/c18-20(19,12-11-16-9-6-15-7-10-16)17-8-5-13-3-1-2-4-14(13)17/h1-4,15H,5-12H2. The number of rotatable bonds is 4. The molecule has 6 heteroatoms. The third-order valence-electron chi connectivity index (χ3n) is 4.06. The SMILES string of the molecule is O=S(=O)(CCN1CCNCC1)N1CCc2ccccc21. The average Bonchev–Trinajstić information content (AvgIpc) is 2.91. The van der Waals surface area contributed by atoms with E-state index in [0.717, 1.165) is 43.9 Å². The predicted octanol–water partition coefficient (Wildman–Crippen LogP) is 0.284. The molecule has 2 heterocycles. The quantitative estimate of drug-likeness (QED) is 0.867. The van der Waals surface area contributed by atoms with Gasteiger partial charge in [0.1, 0.15) is 0 Å². The van der Waals surface area contributed by atoms with Crippen LogP contribution >= 0.6 is 0 Å². The Kier molecular flexibility index (Phi) is 3.96. The summed E-state index contributed by atoms with van der Waals surface area (Å²) in [5.74, 6) is 0.210. The van der Waals surface area contributed by atoms with E-state index in [9.17, 15) is 8.42 Å². The molecule has 0 spiro atoms. The van der Waals surface area contributed by atoms with Crippen molar-refractivity contribution in [2.24, 2.45) is 0 Å². The van der Waals surface area contributed by atoms with Gasteiger partial charge in [-0.2, -0.15) is 0 Å². The second kappa shape index (κ2) is 5.71. The molecule has 0 radical (unpaired) electrons. The minimum absolute atomic E-state index is 0.210. The van der Waals surface area contributed by atoms with Crippen molar-refractivity contribution in [3.8, 4) is 0 Å². The normalized spacial score (nSPS) is 20.1. The van der Waals surface area contributed by atoms with Crippen molar-refractivity contribution in [2.45, 2.75) is 6.42 Å². The van der Waals surface area contributed by atoms with E-state index in [1.807, 2.05) is 24.3 Å². The van der Waals surface area contributed by atoms with Crippen LogP contribution in [-0.4, -0.2) is 58.3 Å². The fourth-order valence-corrected chi connectivity index (χ4v) is 4.44. The lowest BCUT2D eigenvalue weighted by Crippen LogP contribution is -2.46. The van der Waals surface area contributed by atoms with Crippen molar-refractivity contribution >= 4 is 15.7 Å². The molecule has 2 aliphatic rings. The van der Waals surface area contributed by atoms with E-state index in [0.29, 0.717) is 13.1 Å². The lowest BCUT2D eigenvalue weighted by Gasteiger charge is -2.28. The van der Waals surface area contributed by atoms with Crippen LogP contribution < -0.4 is 9.62 Å². The zero-order valence-electron chi connectivity index (χ0n) is 11.6. The highest BCUT2D eigenvalue weighted by Gasteiger charge is 2.29. The maximum atomic E-state index is 12.5. The van der Waals surface area contributed by atoms with E-state index in [1.165, 1.54) is 0 Å². The Morgan fingerprint density at radius 1 is 1.10 bits per heavy atom. The minimum Gasteiger partial charge on any atom is -0.314 e. The zero-order chi connectivity index (χ0) is 14.0. The van der Waals surface area contributed by atoms with Crippen LogP contribution in [0.15, 0.2) is 24.3 Å². The number of benzene rings is 1. The summed E-state index contributed by atoms with van der Waals surface area (Å²) in [5, 5.41) is 3.28. The first-order valence-corrected chi connectivity index (χ1v) is 8.79. The van der Waals surface area contributed by atoms with Gasteiger partial charge in [-0.05, 0) is 18.1 Å². The van der Waals surface area contributed by atoms with E-state index in [4.69, 9.17) is 0 Å². The number of sulfonamides is 1. The van der Waals surface area contributed by atoms with E-state index < -0.39 is 10.0 Å². The molecule has 1 aromatic carbocycles. The molecule has 0 bridgehead atoms. The van der Waals surface area contributed by atoms with Crippen LogP contribution in [0.5, 0.6) is 0 Å². The average molecular weight is 295 g/mol. The summed E-state index contributed by atoms with van der Waals surface area (Å²) < 4.78 is 26.6. The van der Waals surface area contributed by atoms with Gasteiger partial charge in [0, 0.05) is 39.3 Å². The van der Waals surface area contributed by atoms with Crippen LogP contribution in [0.3, 0.4) is 0 Å². The number of hydrogen-bond donors (Lipinski definition) is 1. The Hall–Kier alpha value is -1.11. The Morgan fingerprint density at radius 2 is 1.85 bits per heavy atom. The van der Waals surface area contributed by atoms with Gasteiger partial charge in [0.15, 0.2) is 0 Å². The lowest BCUT2D eigenvalue weighted by atomic mass is 10.2. The molecule has 0 unspecified atom stereocenters. The largest absolute Gasteiger partial charge is 0.314 e. The molecule has 1 fully saturated rings. The van der Waals surface area contributed by atoms with Crippen molar-refractivity contribution < 1.29 is 8.42 Å². The fraction of sp³-hybridized carbons (Fsp3) is 0.571. The molecule has 0 saturated carbocycles. The summed E-state index contributed by atoms with van der Waals surface area (Å²) in [5.41, 5.74) is 2.01. The van der Waals surface area contributed by atoms with Crippen molar-refractivity contribution in [2.75, 3.05) is 49.3 Å². The van der Waals surface area contributed by atoms with Crippen LogP contribution in [-0.2, 0) is 16.4 Å². The van der Waals surface area contributed by atoms with Crippen molar-refractivity contribution in [3.05, 3.63) is 29.8 Å². The van der Waals surface area contributed by atoms with Crippen LogP contribution in [0.1, 0.15) is 5.56 Å². The molecule has 0 aromatic heterocycles. The Bertz CT molecular complexity index is 568. The zero-order valence-corrected chi connectivity index (χ0v) is 12.4. The number of nitrogens with zero attached hydrogens (tertiary/aromatic N) is 2. The fourth-order valence-electron chi connectivity index (χ4n) is 2.89. The third-order valence-corrected chi connectivity index (χ3v) is 5.80. The second-order valence-electron chi connectivity index (χ2n) is 5.36. The Morgan fingerprint density at radius 3 is 2.65 bits per heavy atom. The van der Waals surface area contributed by atoms with Gasteiger partial charge < -0.3 is 5.32 Å². The monoisotopic (exact) mass is 295 g/mol. The maximum absolute atomic E-state index is 12.5. The first-order chi connectivity index (χ1) is 9.67. The molecule has 1 N–H and O–H groups in total. The van der Waals surface area contributed by atoms with Gasteiger partial charge >= 0.3 is 0 Å². The molecular formula is C14H21N3O2S. The van der Waals surface area contributed by atoms with E-state index in [2.05, 4.69) is 10.2 Å². The van der Waals surface area contributed by atoms with Gasteiger partial charge in [-0.3, -0.25) is 9.21 Å². The number of fused-ring (bicyclic) bond motifs is 1. The Labute approximate surface area is 120 Å². The van der Waals surface area contributed by atoms with Crippen LogP contribution in [0.25, 0.3) is 0 Å².